The van der Waals surface area contributed by atoms with Gasteiger partial charge in [-0.1, -0.05) is 13.0 Å². The average molecular weight is 238 g/mol. The second kappa shape index (κ2) is 7.14. The quantitative estimate of drug-likeness (QED) is 0.669. The second-order valence-corrected chi connectivity index (χ2v) is 4.06. The second-order valence-electron chi connectivity index (χ2n) is 4.06. The molecule has 0 saturated carbocycles. The number of hydrogen-bond acceptors (Lipinski definition) is 4. The van der Waals surface area contributed by atoms with Crippen LogP contribution >= 0.6 is 0 Å². The van der Waals surface area contributed by atoms with Crippen LogP contribution in [0.5, 0.6) is 11.5 Å². The van der Waals surface area contributed by atoms with E-state index in [-0.39, 0.29) is 5.75 Å². The number of methoxy groups -OCH3 is 1. The van der Waals surface area contributed by atoms with Crippen molar-refractivity contribution >= 4 is 0 Å². The number of phenolic OH excluding ortho intramolecular Hbond substituents is 1. The van der Waals surface area contributed by atoms with Gasteiger partial charge in [-0.15, -0.1) is 0 Å². The predicted octanol–water partition coefficient (Wildman–Crippen LogP) is 1.27. The average Bonchev–Trinajstić information content (AvgIpc) is 2.36. The van der Waals surface area contributed by atoms with Gasteiger partial charge in [0.15, 0.2) is 11.5 Å². The summed E-state index contributed by atoms with van der Waals surface area (Å²) in [5.41, 5.74) is 6.62. The minimum Gasteiger partial charge on any atom is -0.504 e. The highest BCUT2D eigenvalue weighted by atomic mass is 16.5. The largest absolute Gasteiger partial charge is 0.504 e. The Bertz CT molecular complexity index is 342. The summed E-state index contributed by atoms with van der Waals surface area (Å²) in [6.07, 6.45) is 1.95. The molecule has 1 aromatic rings. The van der Waals surface area contributed by atoms with Gasteiger partial charge in [0.1, 0.15) is 0 Å². The number of ether oxygens (including phenoxy) is 1. The maximum Gasteiger partial charge on any atom is 0.160 e. The molecule has 4 N–H and O–H groups in total. The van der Waals surface area contributed by atoms with Crippen LogP contribution < -0.4 is 15.8 Å². The molecule has 0 bridgehead atoms. The minimum absolute atomic E-state index is 0.180. The molecule has 0 radical (unpaired) electrons. The summed E-state index contributed by atoms with van der Waals surface area (Å²) >= 11 is 0. The number of nitrogens with one attached hydrogen (secondary N) is 1. The van der Waals surface area contributed by atoms with Crippen molar-refractivity contribution in [2.45, 2.75) is 25.8 Å². The fraction of sp³-hybridized carbons (Fsp3) is 0.538. The Hall–Kier alpha value is -1.26. The van der Waals surface area contributed by atoms with Gasteiger partial charge in [-0.3, -0.25) is 0 Å². The molecule has 17 heavy (non-hydrogen) atoms. The van der Waals surface area contributed by atoms with Gasteiger partial charge in [0.25, 0.3) is 0 Å². The van der Waals surface area contributed by atoms with E-state index in [1.165, 1.54) is 0 Å². The summed E-state index contributed by atoms with van der Waals surface area (Å²) in [5.74, 6) is 0.704. The fourth-order valence-corrected chi connectivity index (χ4v) is 1.78. The maximum absolute atomic E-state index is 9.51. The number of aromatic hydroxyl groups is 1. The molecule has 0 aliphatic carbocycles. The van der Waals surface area contributed by atoms with Crippen LogP contribution in [0.25, 0.3) is 0 Å². The van der Waals surface area contributed by atoms with Gasteiger partial charge in [-0.05, 0) is 30.5 Å². The Kier molecular flexibility index (Phi) is 5.80. The Morgan fingerprint density at radius 2 is 2.24 bits per heavy atom. The van der Waals surface area contributed by atoms with Gasteiger partial charge in [-0.2, -0.15) is 0 Å². The molecule has 1 aromatic carbocycles. The van der Waals surface area contributed by atoms with Crippen LogP contribution in [-0.4, -0.2) is 31.3 Å². The highest BCUT2D eigenvalue weighted by Crippen LogP contribution is 2.26. The molecule has 4 heteroatoms. The molecule has 1 rings (SSSR count). The number of nitrogens with two attached hydrogens (primary N) is 1. The summed E-state index contributed by atoms with van der Waals surface area (Å²) < 4.78 is 5.09. The van der Waals surface area contributed by atoms with E-state index in [2.05, 4.69) is 12.2 Å². The molecule has 0 aliphatic heterocycles. The summed E-state index contributed by atoms with van der Waals surface area (Å²) in [4.78, 5) is 0. The van der Waals surface area contributed by atoms with E-state index in [0.717, 1.165) is 24.9 Å². The van der Waals surface area contributed by atoms with Crippen LogP contribution in [0.2, 0.25) is 0 Å². The summed E-state index contributed by atoms with van der Waals surface area (Å²) in [7, 11) is 1.56. The van der Waals surface area contributed by atoms with Crippen LogP contribution in [0.3, 0.4) is 0 Å². The van der Waals surface area contributed by atoms with E-state index in [1.54, 1.807) is 13.2 Å². The Labute approximate surface area is 103 Å². The van der Waals surface area contributed by atoms with E-state index in [0.29, 0.717) is 18.3 Å². The fourth-order valence-electron chi connectivity index (χ4n) is 1.78. The number of rotatable bonds is 7. The van der Waals surface area contributed by atoms with Crippen LogP contribution in [0, 0.1) is 0 Å². The molecule has 0 aromatic heterocycles. The zero-order chi connectivity index (χ0) is 12.7. The number of phenols is 1. The first kappa shape index (κ1) is 13.8. The zero-order valence-electron chi connectivity index (χ0n) is 10.6. The summed E-state index contributed by atoms with van der Waals surface area (Å²) in [5, 5.41) is 12.9. The molecule has 0 amide bonds. The third-order valence-electron chi connectivity index (χ3n) is 2.80. The lowest BCUT2D eigenvalue weighted by molar-refractivity contribution is 0.372. The molecule has 1 atom stereocenters. The number of benzene rings is 1. The maximum atomic E-state index is 9.51. The van der Waals surface area contributed by atoms with E-state index < -0.39 is 0 Å². The van der Waals surface area contributed by atoms with Crippen LogP contribution in [0.4, 0.5) is 0 Å². The Morgan fingerprint density at radius 3 is 2.82 bits per heavy atom. The molecular weight excluding hydrogens is 216 g/mol. The van der Waals surface area contributed by atoms with Crippen molar-refractivity contribution in [3.8, 4) is 11.5 Å². The smallest absolute Gasteiger partial charge is 0.160 e. The van der Waals surface area contributed by atoms with Gasteiger partial charge in [0.2, 0.25) is 0 Å². The molecule has 0 spiro atoms. The third-order valence-corrected chi connectivity index (χ3v) is 2.80. The lowest BCUT2D eigenvalue weighted by Crippen LogP contribution is -2.34. The lowest BCUT2D eigenvalue weighted by Gasteiger charge is -2.17. The Morgan fingerprint density at radius 1 is 1.47 bits per heavy atom. The number of hydrogen-bond donors (Lipinski definition) is 3. The van der Waals surface area contributed by atoms with Crippen LogP contribution in [0.1, 0.15) is 18.9 Å². The normalized spacial score (nSPS) is 12.4. The van der Waals surface area contributed by atoms with Gasteiger partial charge >= 0.3 is 0 Å². The molecule has 4 nitrogen and oxygen atoms in total. The molecule has 1 unspecified atom stereocenters. The SMILES string of the molecule is CCC(Cc1ccc(O)c(OC)c1)NCCN. The molecular formula is C13H22N2O2. The van der Waals surface area contributed by atoms with E-state index in [1.807, 2.05) is 12.1 Å². The summed E-state index contributed by atoms with van der Waals surface area (Å²) in [6.45, 7) is 3.62. The standard InChI is InChI=1S/C13H22N2O2/c1-3-11(15-7-6-14)8-10-4-5-12(16)13(9-10)17-2/h4-5,9,11,15-16H,3,6-8,14H2,1-2H3. The van der Waals surface area contributed by atoms with Crippen molar-refractivity contribution in [2.24, 2.45) is 5.73 Å². The molecule has 96 valence electrons. The van der Waals surface area contributed by atoms with Crippen molar-refractivity contribution < 1.29 is 9.84 Å². The van der Waals surface area contributed by atoms with Gasteiger partial charge in [0, 0.05) is 19.1 Å². The first-order valence-electron chi connectivity index (χ1n) is 6.00. The van der Waals surface area contributed by atoms with Crippen LogP contribution in [-0.2, 0) is 6.42 Å². The van der Waals surface area contributed by atoms with Crippen molar-refractivity contribution in [1.82, 2.24) is 5.32 Å². The molecule has 0 fully saturated rings. The minimum atomic E-state index is 0.180. The van der Waals surface area contributed by atoms with Gasteiger partial charge in [0.05, 0.1) is 7.11 Å². The van der Waals surface area contributed by atoms with Gasteiger partial charge < -0.3 is 20.9 Å². The highest BCUT2D eigenvalue weighted by Gasteiger charge is 2.08. The lowest BCUT2D eigenvalue weighted by atomic mass is 10.0. The molecule has 0 saturated heterocycles. The third kappa shape index (κ3) is 4.24. The first-order valence-corrected chi connectivity index (χ1v) is 6.00. The first-order chi connectivity index (χ1) is 8.21. The van der Waals surface area contributed by atoms with E-state index in [4.69, 9.17) is 10.5 Å². The predicted molar refractivity (Wildman–Crippen MR) is 69.5 cm³/mol. The topological polar surface area (TPSA) is 67.5 Å². The van der Waals surface area contributed by atoms with Crippen molar-refractivity contribution in [3.05, 3.63) is 23.8 Å². The molecule has 0 heterocycles. The Balaban J connectivity index is 2.65. The van der Waals surface area contributed by atoms with E-state index in [9.17, 15) is 5.11 Å². The van der Waals surface area contributed by atoms with Crippen molar-refractivity contribution in [1.29, 1.82) is 0 Å². The van der Waals surface area contributed by atoms with E-state index >= 15 is 0 Å². The molecule has 0 aliphatic rings. The van der Waals surface area contributed by atoms with Crippen molar-refractivity contribution in [3.63, 3.8) is 0 Å². The highest BCUT2D eigenvalue weighted by molar-refractivity contribution is 5.41. The van der Waals surface area contributed by atoms with Gasteiger partial charge in [-0.25, -0.2) is 0 Å². The zero-order valence-corrected chi connectivity index (χ0v) is 10.6. The van der Waals surface area contributed by atoms with Crippen LogP contribution in [0.15, 0.2) is 18.2 Å². The van der Waals surface area contributed by atoms with Crippen molar-refractivity contribution in [2.75, 3.05) is 20.2 Å². The summed E-state index contributed by atoms with van der Waals surface area (Å²) in [6, 6.07) is 5.88. The monoisotopic (exact) mass is 238 g/mol.